The van der Waals surface area contributed by atoms with Gasteiger partial charge in [0.2, 0.25) is 10.0 Å². The number of hydrogen-bond acceptors (Lipinski definition) is 5. The molecule has 30 heavy (non-hydrogen) atoms. The van der Waals surface area contributed by atoms with Crippen molar-refractivity contribution in [3.8, 4) is 5.75 Å². The van der Waals surface area contributed by atoms with Crippen LogP contribution in [0.4, 0.5) is 18.9 Å². The van der Waals surface area contributed by atoms with Crippen LogP contribution >= 0.6 is 0 Å². The quantitative estimate of drug-likeness (QED) is 0.741. The molecular formula is C19H19F3N2O5S. The van der Waals surface area contributed by atoms with Crippen LogP contribution in [-0.4, -0.2) is 57.7 Å². The molecule has 0 radical (unpaired) electrons. The normalized spacial score (nSPS) is 15.6. The van der Waals surface area contributed by atoms with E-state index in [1.807, 2.05) is 0 Å². The summed E-state index contributed by atoms with van der Waals surface area (Å²) in [6, 6.07) is 11.3. The summed E-state index contributed by atoms with van der Waals surface area (Å²) in [5.74, 6) is -0.911. The molecule has 162 valence electrons. The fourth-order valence-electron chi connectivity index (χ4n) is 2.77. The van der Waals surface area contributed by atoms with Gasteiger partial charge in [-0.05, 0) is 30.3 Å². The number of benzene rings is 2. The first-order chi connectivity index (χ1) is 14.2. The van der Waals surface area contributed by atoms with Crippen LogP contribution in [0.1, 0.15) is 10.4 Å². The molecule has 1 heterocycles. The molecule has 1 N–H and O–H groups in total. The van der Waals surface area contributed by atoms with Crippen molar-refractivity contribution in [3.05, 3.63) is 54.1 Å². The summed E-state index contributed by atoms with van der Waals surface area (Å²) >= 11 is 0. The molecule has 0 bridgehead atoms. The lowest BCUT2D eigenvalue weighted by molar-refractivity contribution is -0.153. The van der Waals surface area contributed by atoms with E-state index in [1.54, 1.807) is 18.2 Å². The largest absolute Gasteiger partial charge is 0.482 e. The van der Waals surface area contributed by atoms with Crippen LogP contribution in [0.5, 0.6) is 5.75 Å². The number of alkyl halides is 3. The summed E-state index contributed by atoms with van der Waals surface area (Å²) in [4.78, 5) is 12.3. The van der Waals surface area contributed by atoms with Gasteiger partial charge in [-0.25, -0.2) is 8.42 Å². The molecule has 1 amide bonds. The zero-order valence-electron chi connectivity index (χ0n) is 15.7. The van der Waals surface area contributed by atoms with E-state index in [4.69, 9.17) is 9.47 Å². The van der Waals surface area contributed by atoms with Crippen LogP contribution in [0.25, 0.3) is 0 Å². The Morgan fingerprint density at radius 2 is 1.77 bits per heavy atom. The van der Waals surface area contributed by atoms with E-state index >= 15 is 0 Å². The molecule has 11 heteroatoms. The van der Waals surface area contributed by atoms with Crippen molar-refractivity contribution in [2.45, 2.75) is 11.1 Å². The Kier molecular flexibility index (Phi) is 6.64. The molecule has 0 aliphatic carbocycles. The Morgan fingerprint density at radius 1 is 1.10 bits per heavy atom. The van der Waals surface area contributed by atoms with Gasteiger partial charge in [-0.3, -0.25) is 4.79 Å². The van der Waals surface area contributed by atoms with E-state index in [9.17, 15) is 26.4 Å². The molecule has 0 aromatic heterocycles. The molecule has 2 aromatic carbocycles. The van der Waals surface area contributed by atoms with Gasteiger partial charge in [-0.1, -0.05) is 18.2 Å². The molecule has 2 aromatic rings. The number of carbonyl (C=O) groups excluding carboxylic acids is 1. The third-order valence-electron chi connectivity index (χ3n) is 4.23. The predicted octanol–water partition coefficient (Wildman–Crippen LogP) is 2.90. The van der Waals surface area contributed by atoms with Crippen LogP contribution in [0.3, 0.4) is 0 Å². The summed E-state index contributed by atoms with van der Waals surface area (Å²) in [6.07, 6.45) is -4.60. The van der Waals surface area contributed by atoms with Gasteiger partial charge in [0, 0.05) is 18.7 Å². The van der Waals surface area contributed by atoms with E-state index < -0.39 is 28.7 Å². The van der Waals surface area contributed by atoms with Gasteiger partial charge in [0.15, 0.2) is 6.61 Å². The molecule has 3 rings (SSSR count). The number of carbonyl (C=O) groups is 1. The number of hydrogen-bond donors (Lipinski definition) is 1. The Hall–Kier alpha value is -2.63. The van der Waals surface area contributed by atoms with E-state index in [0.717, 1.165) is 18.2 Å². The number of halogens is 3. The fraction of sp³-hybridized carbons (Fsp3) is 0.316. The fourth-order valence-corrected chi connectivity index (χ4v) is 4.21. The number of nitrogens with one attached hydrogen (secondary N) is 1. The van der Waals surface area contributed by atoms with E-state index in [1.165, 1.54) is 16.4 Å². The maximum Gasteiger partial charge on any atom is 0.422 e. The second-order valence-corrected chi connectivity index (χ2v) is 8.34. The van der Waals surface area contributed by atoms with Crippen LogP contribution < -0.4 is 10.1 Å². The first kappa shape index (κ1) is 22.1. The maximum atomic E-state index is 12.9. The monoisotopic (exact) mass is 444 g/mol. The average molecular weight is 444 g/mol. The summed E-state index contributed by atoms with van der Waals surface area (Å²) in [5, 5.41) is 2.44. The second kappa shape index (κ2) is 9.02. The second-order valence-electron chi connectivity index (χ2n) is 6.40. The highest BCUT2D eigenvalue weighted by atomic mass is 32.2. The van der Waals surface area contributed by atoms with Gasteiger partial charge >= 0.3 is 6.18 Å². The van der Waals surface area contributed by atoms with E-state index in [0.29, 0.717) is 0 Å². The van der Waals surface area contributed by atoms with Crippen molar-refractivity contribution in [1.82, 2.24) is 4.31 Å². The minimum absolute atomic E-state index is 0.153. The summed E-state index contributed by atoms with van der Waals surface area (Å²) < 4.78 is 74.6. The topological polar surface area (TPSA) is 84.9 Å². The van der Waals surface area contributed by atoms with Crippen LogP contribution in [0.2, 0.25) is 0 Å². The molecule has 1 aliphatic heterocycles. The molecule has 1 saturated heterocycles. The SMILES string of the molecule is O=C(Nc1cc(S(=O)(=O)N2CCOCC2)ccc1OCC(F)(F)F)c1ccccc1. The molecule has 0 saturated carbocycles. The third-order valence-corrected chi connectivity index (χ3v) is 6.13. The number of nitrogens with zero attached hydrogens (tertiary/aromatic N) is 1. The van der Waals surface area contributed by atoms with Crippen molar-refractivity contribution in [2.24, 2.45) is 0 Å². The Morgan fingerprint density at radius 3 is 2.40 bits per heavy atom. The number of morpholine rings is 1. The van der Waals surface area contributed by atoms with Crippen molar-refractivity contribution in [2.75, 3.05) is 38.2 Å². The van der Waals surface area contributed by atoms with Gasteiger partial charge < -0.3 is 14.8 Å². The Bertz CT molecular complexity index is 991. The minimum Gasteiger partial charge on any atom is -0.482 e. The zero-order chi connectivity index (χ0) is 21.8. The first-order valence-corrected chi connectivity index (χ1v) is 10.4. The lowest BCUT2D eigenvalue weighted by Gasteiger charge is -2.26. The average Bonchev–Trinajstić information content (AvgIpc) is 2.73. The van der Waals surface area contributed by atoms with Crippen molar-refractivity contribution in [1.29, 1.82) is 0 Å². The van der Waals surface area contributed by atoms with Crippen LogP contribution in [0, 0.1) is 0 Å². The lowest BCUT2D eigenvalue weighted by atomic mass is 10.2. The maximum absolute atomic E-state index is 12.9. The molecule has 0 unspecified atom stereocenters. The zero-order valence-corrected chi connectivity index (χ0v) is 16.5. The smallest absolute Gasteiger partial charge is 0.422 e. The van der Waals surface area contributed by atoms with Gasteiger partial charge in [-0.15, -0.1) is 0 Å². The number of sulfonamides is 1. The summed E-state index contributed by atoms with van der Waals surface area (Å²) in [7, 11) is -3.92. The molecule has 7 nitrogen and oxygen atoms in total. The van der Waals surface area contributed by atoms with Gasteiger partial charge in [-0.2, -0.15) is 17.5 Å². The lowest BCUT2D eigenvalue weighted by Crippen LogP contribution is -2.40. The highest BCUT2D eigenvalue weighted by Crippen LogP contribution is 2.31. The number of anilines is 1. The summed E-state index contributed by atoms with van der Waals surface area (Å²) in [5.41, 5.74) is 0.0724. The van der Waals surface area contributed by atoms with Crippen LogP contribution in [0.15, 0.2) is 53.4 Å². The number of ether oxygens (including phenoxy) is 2. The molecule has 0 atom stereocenters. The molecule has 1 aliphatic rings. The van der Waals surface area contributed by atoms with Gasteiger partial charge in [0.25, 0.3) is 5.91 Å². The van der Waals surface area contributed by atoms with E-state index in [-0.39, 0.29) is 48.2 Å². The Balaban J connectivity index is 1.93. The number of amides is 1. The Labute approximate surface area is 171 Å². The standard InChI is InChI=1S/C19H19F3N2O5S/c20-19(21,22)13-29-17-7-6-15(30(26,27)24-8-10-28-11-9-24)12-16(17)23-18(25)14-4-2-1-3-5-14/h1-7,12H,8-11,13H2,(H,23,25). The molecule has 0 spiro atoms. The van der Waals surface area contributed by atoms with E-state index in [2.05, 4.69) is 5.32 Å². The predicted molar refractivity (Wildman–Crippen MR) is 102 cm³/mol. The highest BCUT2D eigenvalue weighted by Gasteiger charge is 2.30. The van der Waals surface area contributed by atoms with Crippen molar-refractivity contribution >= 4 is 21.6 Å². The van der Waals surface area contributed by atoms with Gasteiger partial charge in [0.1, 0.15) is 5.75 Å². The third kappa shape index (κ3) is 5.49. The van der Waals surface area contributed by atoms with Crippen molar-refractivity contribution < 1.29 is 35.9 Å². The first-order valence-electron chi connectivity index (χ1n) is 8.95. The molecule has 1 fully saturated rings. The molecular weight excluding hydrogens is 425 g/mol. The number of rotatable bonds is 6. The summed E-state index contributed by atoms with van der Waals surface area (Å²) in [6.45, 7) is -0.801. The minimum atomic E-state index is -4.60. The highest BCUT2D eigenvalue weighted by molar-refractivity contribution is 7.89. The van der Waals surface area contributed by atoms with Gasteiger partial charge in [0.05, 0.1) is 23.8 Å². The van der Waals surface area contributed by atoms with Crippen molar-refractivity contribution in [3.63, 3.8) is 0 Å². The van der Waals surface area contributed by atoms with Crippen LogP contribution in [-0.2, 0) is 14.8 Å².